The number of para-hydroxylation sites is 1. The molecule has 3 rings (SSSR count). The van der Waals surface area contributed by atoms with Gasteiger partial charge in [0.1, 0.15) is 12.2 Å². The molecule has 5 heteroatoms. The van der Waals surface area contributed by atoms with Crippen LogP contribution in [0.2, 0.25) is 0 Å². The van der Waals surface area contributed by atoms with E-state index in [1.54, 1.807) is 11.0 Å². The summed E-state index contributed by atoms with van der Waals surface area (Å²) in [5.74, 6) is 0.913. The second-order valence-electron chi connectivity index (χ2n) is 5.07. The van der Waals surface area contributed by atoms with E-state index in [0.717, 1.165) is 34.5 Å². The molecular formula is C16H19N5. The van der Waals surface area contributed by atoms with Gasteiger partial charge in [0.15, 0.2) is 0 Å². The second kappa shape index (κ2) is 5.52. The number of nitrogens with zero attached hydrogens (tertiary/aromatic N) is 4. The molecule has 2 heterocycles. The Bertz CT molecular complexity index is 775. The van der Waals surface area contributed by atoms with Crippen molar-refractivity contribution in [3.05, 3.63) is 47.7 Å². The average molecular weight is 281 g/mol. The summed E-state index contributed by atoms with van der Waals surface area (Å²) >= 11 is 0. The first-order valence-electron chi connectivity index (χ1n) is 7.15. The van der Waals surface area contributed by atoms with Gasteiger partial charge in [0.2, 0.25) is 0 Å². The smallest absolute Gasteiger partial charge is 0.145 e. The summed E-state index contributed by atoms with van der Waals surface area (Å²) in [7, 11) is 1.90. The summed E-state index contributed by atoms with van der Waals surface area (Å²) in [6.45, 7) is 4.88. The van der Waals surface area contributed by atoms with Crippen LogP contribution in [-0.2, 0) is 20.0 Å². The standard InChI is InChI=1S/C16H19N5/c1-4-12-11(2)20-14-8-6-5-7-13(14)16(12)17-9-15-18-10-19-21(15)3/h5-8,10H,4,9H2,1-3H3,(H,17,20). The summed E-state index contributed by atoms with van der Waals surface area (Å²) in [6, 6.07) is 8.23. The lowest BCUT2D eigenvalue weighted by atomic mass is 10.0. The highest BCUT2D eigenvalue weighted by atomic mass is 15.3. The van der Waals surface area contributed by atoms with Crippen LogP contribution in [0.25, 0.3) is 10.9 Å². The van der Waals surface area contributed by atoms with E-state index in [1.807, 2.05) is 19.2 Å². The van der Waals surface area contributed by atoms with Crippen molar-refractivity contribution < 1.29 is 0 Å². The van der Waals surface area contributed by atoms with Crippen LogP contribution in [0.1, 0.15) is 24.0 Å². The summed E-state index contributed by atoms with van der Waals surface area (Å²) in [5.41, 5.74) is 4.52. The number of hydrogen-bond donors (Lipinski definition) is 1. The van der Waals surface area contributed by atoms with Crippen molar-refractivity contribution in [2.75, 3.05) is 5.32 Å². The van der Waals surface area contributed by atoms with Gasteiger partial charge in [-0.3, -0.25) is 9.67 Å². The quantitative estimate of drug-likeness (QED) is 0.799. The zero-order chi connectivity index (χ0) is 14.8. The molecule has 0 unspecified atom stereocenters. The van der Waals surface area contributed by atoms with Gasteiger partial charge in [-0.1, -0.05) is 25.1 Å². The van der Waals surface area contributed by atoms with Crippen LogP contribution in [0.5, 0.6) is 0 Å². The van der Waals surface area contributed by atoms with E-state index in [1.165, 1.54) is 5.56 Å². The maximum atomic E-state index is 4.70. The Labute approximate surface area is 124 Å². The zero-order valence-corrected chi connectivity index (χ0v) is 12.6. The molecule has 108 valence electrons. The van der Waals surface area contributed by atoms with Gasteiger partial charge in [0.05, 0.1) is 12.1 Å². The minimum atomic E-state index is 0.650. The van der Waals surface area contributed by atoms with E-state index in [9.17, 15) is 0 Å². The average Bonchev–Trinajstić information content (AvgIpc) is 2.89. The lowest BCUT2D eigenvalue weighted by Crippen LogP contribution is -2.09. The zero-order valence-electron chi connectivity index (χ0n) is 12.6. The molecule has 5 nitrogen and oxygen atoms in total. The Morgan fingerprint density at radius 2 is 2.05 bits per heavy atom. The molecule has 0 aliphatic carbocycles. The molecular weight excluding hydrogens is 262 g/mol. The van der Waals surface area contributed by atoms with Gasteiger partial charge in [0.25, 0.3) is 0 Å². The number of benzene rings is 1. The largest absolute Gasteiger partial charge is 0.377 e. The fourth-order valence-electron chi connectivity index (χ4n) is 2.66. The molecule has 0 fully saturated rings. The molecule has 0 aliphatic heterocycles. The number of nitrogens with one attached hydrogen (secondary N) is 1. The number of rotatable bonds is 4. The molecule has 0 bridgehead atoms. The molecule has 0 atom stereocenters. The number of aryl methyl sites for hydroxylation is 2. The summed E-state index contributed by atoms with van der Waals surface area (Å²) < 4.78 is 1.79. The first kappa shape index (κ1) is 13.5. The number of fused-ring (bicyclic) bond motifs is 1. The van der Waals surface area contributed by atoms with Gasteiger partial charge in [-0.2, -0.15) is 5.10 Å². The second-order valence-corrected chi connectivity index (χ2v) is 5.07. The van der Waals surface area contributed by atoms with E-state index in [0.29, 0.717) is 6.54 Å². The number of pyridine rings is 1. The van der Waals surface area contributed by atoms with Gasteiger partial charge < -0.3 is 5.32 Å². The van der Waals surface area contributed by atoms with Crippen LogP contribution >= 0.6 is 0 Å². The number of aromatic nitrogens is 4. The van der Waals surface area contributed by atoms with E-state index in [4.69, 9.17) is 4.98 Å². The molecule has 21 heavy (non-hydrogen) atoms. The van der Waals surface area contributed by atoms with Crippen molar-refractivity contribution in [2.24, 2.45) is 7.05 Å². The maximum absolute atomic E-state index is 4.70. The Morgan fingerprint density at radius 1 is 1.24 bits per heavy atom. The Hall–Kier alpha value is -2.43. The van der Waals surface area contributed by atoms with Crippen LogP contribution in [0.3, 0.4) is 0 Å². The highest BCUT2D eigenvalue weighted by Crippen LogP contribution is 2.29. The fraction of sp³-hybridized carbons (Fsp3) is 0.312. The fourth-order valence-corrected chi connectivity index (χ4v) is 2.66. The Kier molecular flexibility index (Phi) is 3.56. The molecule has 1 N–H and O–H groups in total. The maximum Gasteiger partial charge on any atom is 0.145 e. The van der Waals surface area contributed by atoms with Crippen molar-refractivity contribution in [2.45, 2.75) is 26.8 Å². The summed E-state index contributed by atoms with van der Waals surface area (Å²) in [4.78, 5) is 8.96. The monoisotopic (exact) mass is 281 g/mol. The Balaban J connectivity index is 2.05. The number of hydrogen-bond acceptors (Lipinski definition) is 4. The molecule has 0 saturated heterocycles. The van der Waals surface area contributed by atoms with Gasteiger partial charge in [0, 0.05) is 23.8 Å². The molecule has 0 saturated carbocycles. The molecule has 0 spiro atoms. The van der Waals surface area contributed by atoms with Gasteiger partial charge in [-0.25, -0.2) is 4.98 Å². The Morgan fingerprint density at radius 3 is 2.76 bits per heavy atom. The van der Waals surface area contributed by atoms with Crippen LogP contribution in [-0.4, -0.2) is 19.7 Å². The molecule has 0 amide bonds. The van der Waals surface area contributed by atoms with E-state index >= 15 is 0 Å². The van der Waals surface area contributed by atoms with Crippen molar-refractivity contribution >= 4 is 16.6 Å². The van der Waals surface area contributed by atoms with Crippen molar-refractivity contribution in [1.82, 2.24) is 19.7 Å². The van der Waals surface area contributed by atoms with Crippen LogP contribution in [0, 0.1) is 6.92 Å². The SMILES string of the molecule is CCc1c(C)nc2ccccc2c1NCc1ncnn1C. The van der Waals surface area contributed by atoms with Crippen molar-refractivity contribution in [3.8, 4) is 0 Å². The predicted octanol–water partition coefficient (Wildman–Crippen LogP) is 2.85. The highest BCUT2D eigenvalue weighted by molar-refractivity contribution is 5.93. The molecule has 2 aromatic heterocycles. The first-order valence-corrected chi connectivity index (χ1v) is 7.15. The summed E-state index contributed by atoms with van der Waals surface area (Å²) in [5, 5.41) is 8.79. The normalized spacial score (nSPS) is 11.0. The third-order valence-electron chi connectivity index (χ3n) is 3.78. The van der Waals surface area contributed by atoms with E-state index in [2.05, 4.69) is 41.4 Å². The number of anilines is 1. The minimum Gasteiger partial charge on any atom is -0.377 e. The third-order valence-corrected chi connectivity index (χ3v) is 3.78. The lowest BCUT2D eigenvalue weighted by molar-refractivity contribution is 0.712. The highest BCUT2D eigenvalue weighted by Gasteiger charge is 2.11. The minimum absolute atomic E-state index is 0.650. The van der Waals surface area contributed by atoms with Crippen molar-refractivity contribution in [3.63, 3.8) is 0 Å². The van der Waals surface area contributed by atoms with Crippen LogP contribution in [0.4, 0.5) is 5.69 Å². The molecule has 1 aromatic carbocycles. The third kappa shape index (κ3) is 2.46. The van der Waals surface area contributed by atoms with E-state index < -0.39 is 0 Å². The van der Waals surface area contributed by atoms with Crippen LogP contribution in [0.15, 0.2) is 30.6 Å². The van der Waals surface area contributed by atoms with Gasteiger partial charge in [-0.05, 0) is 25.0 Å². The topological polar surface area (TPSA) is 55.6 Å². The molecule has 0 aliphatic rings. The molecule has 0 radical (unpaired) electrons. The van der Waals surface area contributed by atoms with E-state index in [-0.39, 0.29) is 0 Å². The first-order chi connectivity index (χ1) is 10.2. The van der Waals surface area contributed by atoms with Crippen LogP contribution < -0.4 is 5.32 Å². The lowest BCUT2D eigenvalue weighted by Gasteiger charge is -2.16. The van der Waals surface area contributed by atoms with Crippen molar-refractivity contribution in [1.29, 1.82) is 0 Å². The predicted molar refractivity (Wildman–Crippen MR) is 84.2 cm³/mol. The van der Waals surface area contributed by atoms with Gasteiger partial charge in [-0.15, -0.1) is 0 Å². The summed E-state index contributed by atoms with van der Waals surface area (Å²) in [6.07, 6.45) is 2.53. The van der Waals surface area contributed by atoms with Gasteiger partial charge >= 0.3 is 0 Å². The molecule has 3 aromatic rings.